The number of rotatable bonds is 3. The number of hydrogen-bond acceptors (Lipinski definition) is 1. The Morgan fingerprint density at radius 3 is 2.08 bits per heavy atom. The van der Waals surface area contributed by atoms with Gasteiger partial charge in [0.1, 0.15) is 0 Å². The van der Waals surface area contributed by atoms with E-state index in [2.05, 4.69) is 35.6 Å². The van der Waals surface area contributed by atoms with E-state index in [9.17, 15) is 4.79 Å². The fourth-order valence-electron chi connectivity index (χ4n) is 6.44. The van der Waals surface area contributed by atoms with E-state index in [1.807, 2.05) is 30.3 Å². The second-order valence-corrected chi connectivity index (χ2v) is 8.71. The van der Waals surface area contributed by atoms with Gasteiger partial charge in [0.25, 0.3) is 0 Å². The molecular weight excluding hydrogens is 306 g/mol. The summed E-state index contributed by atoms with van der Waals surface area (Å²) in [5.74, 6) is 1.68. The molecule has 128 valence electrons. The average molecular weight is 331 g/mol. The van der Waals surface area contributed by atoms with Crippen molar-refractivity contribution in [2.24, 2.45) is 17.3 Å². The van der Waals surface area contributed by atoms with Crippen LogP contribution in [0, 0.1) is 17.3 Å². The van der Waals surface area contributed by atoms with Gasteiger partial charge in [-0.3, -0.25) is 4.79 Å². The molecule has 0 saturated heterocycles. The summed E-state index contributed by atoms with van der Waals surface area (Å²) < 4.78 is 0. The largest absolute Gasteiger partial charge is 0.326 e. The minimum Gasteiger partial charge on any atom is -0.326 e. The third kappa shape index (κ3) is 2.42. The maximum absolute atomic E-state index is 13.3. The van der Waals surface area contributed by atoms with Gasteiger partial charge < -0.3 is 5.32 Å². The van der Waals surface area contributed by atoms with Gasteiger partial charge in [-0.05, 0) is 73.5 Å². The predicted molar refractivity (Wildman–Crippen MR) is 100 cm³/mol. The van der Waals surface area contributed by atoms with Crippen molar-refractivity contribution in [3.8, 4) is 0 Å². The molecule has 4 fully saturated rings. The predicted octanol–water partition coefficient (Wildman–Crippen LogP) is 5.16. The molecule has 2 atom stereocenters. The SMILES string of the molecule is O=C(Nc1ccccc1)C12CC3CC(C1)CC(c1ccccc1)(C3)C2. The molecule has 2 heteroatoms. The van der Waals surface area contributed by atoms with Crippen LogP contribution in [0.1, 0.15) is 44.1 Å². The number of carbonyl (C=O) groups is 1. The number of amides is 1. The van der Waals surface area contributed by atoms with E-state index in [-0.39, 0.29) is 16.7 Å². The zero-order chi connectivity index (χ0) is 16.9. The Balaban J connectivity index is 1.49. The highest BCUT2D eigenvalue weighted by Gasteiger charge is 2.60. The van der Waals surface area contributed by atoms with Crippen LogP contribution in [-0.2, 0) is 10.2 Å². The quantitative estimate of drug-likeness (QED) is 0.826. The van der Waals surface area contributed by atoms with Crippen molar-refractivity contribution < 1.29 is 4.79 Å². The number of nitrogens with one attached hydrogen (secondary N) is 1. The lowest BCUT2D eigenvalue weighted by Gasteiger charge is -2.61. The first kappa shape index (κ1) is 15.2. The van der Waals surface area contributed by atoms with E-state index in [1.165, 1.54) is 24.8 Å². The van der Waals surface area contributed by atoms with E-state index >= 15 is 0 Å². The first-order valence-electron chi connectivity index (χ1n) is 9.60. The summed E-state index contributed by atoms with van der Waals surface area (Å²) in [5.41, 5.74) is 2.44. The van der Waals surface area contributed by atoms with Gasteiger partial charge in [0.2, 0.25) is 5.91 Å². The van der Waals surface area contributed by atoms with Gasteiger partial charge in [-0.25, -0.2) is 0 Å². The molecule has 4 aliphatic rings. The molecule has 4 saturated carbocycles. The van der Waals surface area contributed by atoms with Crippen LogP contribution in [0.3, 0.4) is 0 Å². The third-order valence-corrected chi connectivity index (χ3v) is 6.96. The summed E-state index contributed by atoms with van der Waals surface area (Å²) >= 11 is 0. The summed E-state index contributed by atoms with van der Waals surface area (Å²) in [7, 11) is 0. The van der Waals surface area contributed by atoms with E-state index in [0.717, 1.165) is 24.9 Å². The smallest absolute Gasteiger partial charge is 0.230 e. The van der Waals surface area contributed by atoms with Crippen molar-refractivity contribution in [3.05, 3.63) is 66.2 Å². The standard InChI is InChI=1S/C23H25NO/c25-21(24-20-9-5-2-6-10-20)23-14-17-11-18(15-23)13-22(12-17,16-23)19-7-3-1-4-8-19/h1-10,17-18H,11-16H2,(H,24,25). The molecule has 0 radical (unpaired) electrons. The molecule has 25 heavy (non-hydrogen) atoms. The normalized spacial score (nSPS) is 35.5. The summed E-state index contributed by atoms with van der Waals surface area (Å²) in [6.45, 7) is 0. The molecule has 4 aliphatic carbocycles. The molecule has 1 amide bonds. The van der Waals surface area contributed by atoms with Crippen LogP contribution in [0.4, 0.5) is 5.69 Å². The highest BCUT2D eigenvalue weighted by molar-refractivity contribution is 5.95. The molecule has 0 aromatic heterocycles. The first-order valence-corrected chi connectivity index (χ1v) is 9.60. The van der Waals surface area contributed by atoms with Gasteiger partial charge in [0.15, 0.2) is 0 Å². The number of anilines is 1. The Morgan fingerprint density at radius 2 is 1.44 bits per heavy atom. The minimum atomic E-state index is -0.171. The zero-order valence-electron chi connectivity index (χ0n) is 14.6. The highest BCUT2D eigenvalue weighted by atomic mass is 16.2. The summed E-state index contributed by atoms with van der Waals surface area (Å²) in [6.07, 6.45) is 7.06. The van der Waals surface area contributed by atoms with Crippen molar-refractivity contribution >= 4 is 11.6 Å². The average Bonchev–Trinajstić information content (AvgIpc) is 2.62. The fourth-order valence-corrected chi connectivity index (χ4v) is 6.44. The van der Waals surface area contributed by atoms with E-state index in [0.29, 0.717) is 11.8 Å². The van der Waals surface area contributed by atoms with Gasteiger partial charge in [0.05, 0.1) is 5.41 Å². The Labute approximate surface area is 149 Å². The van der Waals surface area contributed by atoms with Gasteiger partial charge in [-0.15, -0.1) is 0 Å². The Bertz CT molecular complexity index is 768. The molecular formula is C23H25NO. The lowest BCUT2D eigenvalue weighted by atomic mass is 9.42. The molecule has 2 nitrogen and oxygen atoms in total. The monoisotopic (exact) mass is 331 g/mol. The maximum Gasteiger partial charge on any atom is 0.230 e. The maximum atomic E-state index is 13.3. The third-order valence-electron chi connectivity index (χ3n) is 6.96. The fraction of sp³-hybridized carbons (Fsp3) is 0.435. The first-order chi connectivity index (χ1) is 12.2. The van der Waals surface area contributed by atoms with Crippen LogP contribution in [0.2, 0.25) is 0 Å². The van der Waals surface area contributed by atoms with Crippen LogP contribution in [0.25, 0.3) is 0 Å². The second-order valence-electron chi connectivity index (χ2n) is 8.71. The molecule has 4 bridgehead atoms. The lowest BCUT2D eigenvalue weighted by Crippen LogP contribution is -2.57. The van der Waals surface area contributed by atoms with Gasteiger partial charge in [-0.2, -0.15) is 0 Å². The lowest BCUT2D eigenvalue weighted by molar-refractivity contribution is -0.143. The van der Waals surface area contributed by atoms with Gasteiger partial charge in [0, 0.05) is 5.69 Å². The molecule has 0 aliphatic heterocycles. The molecule has 0 heterocycles. The summed E-state index contributed by atoms with van der Waals surface area (Å²) in [6, 6.07) is 20.9. The van der Waals surface area contributed by atoms with Crippen LogP contribution in [-0.4, -0.2) is 5.91 Å². The van der Waals surface area contributed by atoms with E-state index in [4.69, 9.17) is 0 Å². The van der Waals surface area contributed by atoms with Crippen molar-refractivity contribution in [3.63, 3.8) is 0 Å². The van der Waals surface area contributed by atoms with Crippen molar-refractivity contribution in [2.45, 2.75) is 43.9 Å². The molecule has 1 N–H and O–H groups in total. The molecule has 0 spiro atoms. The Hall–Kier alpha value is -2.09. The summed E-state index contributed by atoms with van der Waals surface area (Å²) in [5, 5.41) is 3.23. The number of hydrogen-bond donors (Lipinski definition) is 1. The number of para-hydroxylation sites is 1. The molecule has 2 aromatic rings. The van der Waals surface area contributed by atoms with Crippen molar-refractivity contribution in [1.29, 1.82) is 0 Å². The minimum absolute atomic E-state index is 0.171. The van der Waals surface area contributed by atoms with E-state index in [1.54, 1.807) is 0 Å². The topological polar surface area (TPSA) is 29.1 Å². The van der Waals surface area contributed by atoms with Gasteiger partial charge >= 0.3 is 0 Å². The van der Waals surface area contributed by atoms with Crippen molar-refractivity contribution in [2.75, 3.05) is 5.32 Å². The summed E-state index contributed by atoms with van der Waals surface area (Å²) in [4.78, 5) is 13.3. The highest BCUT2D eigenvalue weighted by Crippen LogP contribution is 2.65. The van der Waals surface area contributed by atoms with E-state index < -0.39 is 0 Å². The van der Waals surface area contributed by atoms with Crippen LogP contribution < -0.4 is 5.32 Å². The molecule has 2 aromatic carbocycles. The van der Waals surface area contributed by atoms with Crippen molar-refractivity contribution in [1.82, 2.24) is 0 Å². The number of benzene rings is 2. The van der Waals surface area contributed by atoms with Crippen LogP contribution >= 0.6 is 0 Å². The number of carbonyl (C=O) groups excluding carboxylic acids is 1. The Morgan fingerprint density at radius 1 is 0.840 bits per heavy atom. The second kappa shape index (κ2) is 5.45. The van der Waals surface area contributed by atoms with Crippen LogP contribution in [0.5, 0.6) is 0 Å². The zero-order valence-corrected chi connectivity index (χ0v) is 14.6. The molecule has 6 rings (SSSR count). The van der Waals surface area contributed by atoms with Gasteiger partial charge in [-0.1, -0.05) is 48.5 Å². The molecule has 2 unspecified atom stereocenters. The van der Waals surface area contributed by atoms with Crippen LogP contribution in [0.15, 0.2) is 60.7 Å². The Kier molecular flexibility index (Phi) is 3.31.